The Morgan fingerprint density at radius 1 is 1.50 bits per heavy atom. The Bertz CT molecular complexity index is 472. The summed E-state index contributed by atoms with van der Waals surface area (Å²) >= 11 is 5.94. The van der Waals surface area contributed by atoms with E-state index in [1.807, 2.05) is 6.92 Å². The summed E-state index contributed by atoms with van der Waals surface area (Å²) in [5.74, 6) is 0.385. The SMILES string of the molecule is CCCNc1cc(C(=O)N(C)CC(C)(C)O)cc(Cl)n1. The van der Waals surface area contributed by atoms with Crippen molar-refractivity contribution >= 4 is 23.3 Å². The zero-order valence-electron chi connectivity index (χ0n) is 12.4. The number of carbonyl (C=O) groups is 1. The van der Waals surface area contributed by atoms with Gasteiger partial charge in [-0.2, -0.15) is 0 Å². The molecule has 5 nitrogen and oxygen atoms in total. The van der Waals surface area contributed by atoms with Crippen molar-refractivity contribution in [2.24, 2.45) is 0 Å². The Kier molecular flexibility index (Phi) is 5.77. The summed E-state index contributed by atoms with van der Waals surface area (Å²) in [6.45, 7) is 6.36. The molecule has 0 aliphatic rings. The van der Waals surface area contributed by atoms with Gasteiger partial charge in [0.1, 0.15) is 11.0 Å². The van der Waals surface area contributed by atoms with Gasteiger partial charge in [0.2, 0.25) is 0 Å². The molecule has 2 N–H and O–H groups in total. The third kappa shape index (κ3) is 5.35. The van der Waals surface area contributed by atoms with E-state index in [9.17, 15) is 9.90 Å². The molecule has 1 aromatic heterocycles. The van der Waals surface area contributed by atoms with E-state index in [4.69, 9.17) is 11.6 Å². The first-order valence-corrected chi connectivity index (χ1v) is 7.00. The van der Waals surface area contributed by atoms with Crippen LogP contribution >= 0.6 is 11.6 Å². The number of likely N-dealkylation sites (N-methyl/N-ethyl adjacent to an activating group) is 1. The van der Waals surface area contributed by atoms with Crippen molar-refractivity contribution in [2.45, 2.75) is 32.8 Å². The van der Waals surface area contributed by atoms with E-state index in [1.54, 1.807) is 27.0 Å². The second kappa shape index (κ2) is 6.90. The van der Waals surface area contributed by atoms with Gasteiger partial charge in [-0.15, -0.1) is 0 Å². The van der Waals surface area contributed by atoms with Crippen molar-refractivity contribution in [1.82, 2.24) is 9.88 Å². The predicted octanol–water partition coefficient (Wildman–Crippen LogP) is 2.40. The molecule has 0 unspecified atom stereocenters. The van der Waals surface area contributed by atoms with Crippen molar-refractivity contribution in [3.8, 4) is 0 Å². The van der Waals surface area contributed by atoms with Crippen LogP contribution in [0.25, 0.3) is 0 Å². The van der Waals surface area contributed by atoms with Crippen LogP contribution in [-0.4, -0.2) is 46.6 Å². The van der Waals surface area contributed by atoms with Crippen LogP contribution in [0.1, 0.15) is 37.6 Å². The number of nitrogens with zero attached hydrogens (tertiary/aromatic N) is 2. The van der Waals surface area contributed by atoms with Gasteiger partial charge in [-0.25, -0.2) is 4.98 Å². The zero-order chi connectivity index (χ0) is 15.3. The zero-order valence-corrected chi connectivity index (χ0v) is 13.2. The largest absolute Gasteiger partial charge is 0.389 e. The maximum Gasteiger partial charge on any atom is 0.253 e. The molecule has 0 aliphatic heterocycles. The maximum atomic E-state index is 12.3. The second-order valence-corrected chi connectivity index (χ2v) is 5.85. The Labute approximate surface area is 125 Å². The number of carbonyl (C=O) groups excluding carboxylic acids is 1. The lowest BCUT2D eigenvalue weighted by Crippen LogP contribution is -2.39. The number of nitrogens with one attached hydrogen (secondary N) is 1. The number of rotatable bonds is 6. The highest BCUT2D eigenvalue weighted by atomic mass is 35.5. The van der Waals surface area contributed by atoms with Crippen LogP contribution in [0.4, 0.5) is 5.82 Å². The molecule has 0 aliphatic carbocycles. The molecule has 20 heavy (non-hydrogen) atoms. The average Bonchev–Trinajstić information content (AvgIpc) is 2.32. The summed E-state index contributed by atoms with van der Waals surface area (Å²) < 4.78 is 0. The van der Waals surface area contributed by atoms with Gasteiger partial charge in [-0.1, -0.05) is 18.5 Å². The van der Waals surface area contributed by atoms with Crippen LogP contribution in [0.3, 0.4) is 0 Å². The van der Waals surface area contributed by atoms with Crippen molar-refractivity contribution in [3.05, 3.63) is 22.8 Å². The molecular weight excluding hydrogens is 278 g/mol. The van der Waals surface area contributed by atoms with Gasteiger partial charge >= 0.3 is 0 Å². The molecule has 0 saturated carbocycles. The summed E-state index contributed by atoms with van der Waals surface area (Å²) in [4.78, 5) is 17.9. The van der Waals surface area contributed by atoms with Crippen LogP contribution in [0.5, 0.6) is 0 Å². The maximum absolute atomic E-state index is 12.3. The highest BCUT2D eigenvalue weighted by Gasteiger charge is 2.21. The van der Waals surface area contributed by atoms with Gasteiger partial charge in [0.15, 0.2) is 0 Å². The molecule has 6 heteroatoms. The van der Waals surface area contributed by atoms with Gasteiger partial charge in [0.05, 0.1) is 5.60 Å². The third-order valence-electron chi connectivity index (χ3n) is 2.57. The minimum Gasteiger partial charge on any atom is -0.389 e. The molecule has 0 fully saturated rings. The van der Waals surface area contributed by atoms with Gasteiger partial charge in [0, 0.05) is 25.7 Å². The molecule has 1 rings (SSSR count). The molecule has 1 aromatic rings. The first-order chi connectivity index (χ1) is 9.23. The quantitative estimate of drug-likeness (QED) is 0.792. The van der Waals surface area contributed by atoms with Gasteiger partial charge < -0.3 is 15.3 Å². The Morgan fingerprint density at radius 2 is 2.15 bits per heavy atom. The lowest BCUT2D eigenvalue weighted by Gasteiger charge is -2.25. The van der Waals surface area contributed by atoms with E-state index >= 15 is 0 Å². The summed E-state index contributed by atoms with van der Waals surface area (Å²) in [5, 5.41) is 13.1. The molecule has 0 aromatic carbocycles. The summed E-state index contributed by atoms with van der Waals surface area (Å²) in [5.41, 5.74) is -0.486. The normalized spacial score (nSPS) is 11.3. The van der Waals surface area contributed by atoms with Crippen LogP contribution in [0, 0.1) is 0 Å². The lowest BCUT2D eigenvalue weighted by atomic mass is 10.1. The monoisotopic (exact) mass is 299 g/mol. The number of aliphatic hydroxyl groups is 1. The van der Waals surface area contributed by atoms with Crippen LogP contribution in [0.2, 0.25) is 5.15 Å². The number of hydrogen-bond acceptors (Lipinski definition) is 4. The van der Waals surface area contributed by atoms with E-state index in [-0.39, 0.29) is 17.6 Å². The van der Waals surface area contributed by atoms with Crippen LogP contribution < -0.4 is 5.32 Å². The molecule has 1 heterocycles. The second-order valence-electron chi connectivity index (χ2n) is 5.46. The third-order valence-corrected chi connectivity index (χ3v) is 2.76. The van der Waals surface area contributed by atoms with E-state index in [0.717, 1.165) is 13.0 Å². The number of pyridine rings is 1. The van der Waals surface area contributed by atoms with Crippen molar-refractivity contribution < 1.29 is 9.90 Å². The van der Waals surface area contributed by atoms with Crippen molar-refractivity contribution in [3.63, 3.8) is 0 Å². The molecular formula is C14H22ClN3O2. The van der Waals surface area contributed by atoms with Gasteiger partial charge in [-0.05, 0) is 32.4 Å². The number of halogens is 1. The number of anilines is 1. The molecule has 1 amide bonds. The molecule has 0 atom stereocenters. The average molecular weight is 300 g/mol. The number of amides is 1. The van der Waals surface area contributed by atoms with E-state index < -0.39 is 5.60 Å². The standard InChI is InChI=1S/C14H22ClN3O2/c1-5-6-16-12-8-10(7-11(15)17-12)13(19)18(4)9-14(2,3)20/h7-8,20H,5-6,9H2,1-4H3,(H,16,17). The number of aromatic nitrogens is 1. The number of hydrogen-bond donors (Lipinski definition) is 2. The first kappa shape index (κ1) is 16.7. The predicted molar refractivity (Wildman–Crippen MR) is 81.3 cm³/mol. The molecule has 0 bridgehead atoms. The summed E-state index contributed by atoms with van der Waals surface area (Å²) in [7, 11) is 1.65. The van der Waals surface area contributed by atoms with Gasteiger partial charge in [0.25, 0.3) is 5.91 Å². The van der Waals surface area contributed by atoms with Crippen LogP contribution in [0.15, 0.2) is 12.1 Å². The smallest absolute Gasteiger partial charge is 0.253 e. The summed E-state index contributed by atoms with van der Waals surface area (Å²) in [6, 6.07) is 3.20. The molecule has 0 saturated heterocycles. The Hall–Kier alpha value is -1.33. The van der Waals surface area contributed by atoms with E-state index in [1.165, 1.54) is 11.0 Å². The van der Waals surface area contributed by atoms with Gasteiger partial charge in [-0.3, -0.25) is 4.79 Å². The minimum atomic E-state index is -0.940. The fraction of sp³-hybridized carbons (Fsp3) is 0.571. The fourth-order valence-corrected chi connectivity index (χ4v) is 2.05. The first-order valence-electron chi connectivity index (χ1n) is 6.62. The lowest BCUT2D eigenvalue weighted by molar-refractivity contribution is 0.0368. The van der Waals surface area contributed by atoms with E-state index in [0.29, 0.717) is 11.4 Å². The topological polar surface area (TPSA) is 65.5 Å². The van der Waals surface area contributed by atoms with E-state index in [2.05, 4.69) is 10.3 Å². The highest BCUT2D eigenvalue weighted by molar-refractivity contribution is 6.29. The molecule has 112 valence electrons. The molecule has 0 radical (unpaired) electrons. The highest BCUT2D eigenvalue weighted by Crippen LogP contribution is 2.17. The molecule has 0 spiro atoms. The Balaban J connectivity index is 2.89. The fourth-order valence-electron chi connectivity index (χ4n) is 1.84. The summed E-state index contributed by atoms with van der Waals surface area (Å²) in [6.07, 6.45) is 0.954. The van der Waals surface area contributed by atoms with Crippen molar-refractivity contribution in [1.29, 1.82) is 0 Å². The van der Waals surface area contributed by atoms with Crippen molar-refractivity contribution in [2.75, 3.05) is 25.5 Å². The van der Waals surface area contributed by atoms with Crippen LogP contribution in [-0.2, 0) is 0 Å². The Morgan fingerprint density at radius 3 is 2.70 bits per heavy atom. The minimum absolute atomic E-state index is 0.198.